The summed E-state index contributed by atoms with van der Waals surface area (Å²) in [5.74, 6) is 1.31. The van der Waals surface area contributed by atoms with Crippen LogP contribution in [0.1, 0.15) is 33.3 Å². The number of carbonyl (C=O) groups is 1. The quantitative estimate of drug-likeness (QED) is 0.749. The van der Waals surface area contributed by atoms with E-state index in [2.05, 4.69) is 13.8 Å². The SMILES string of the molecule is CC(C)COC(=O)[C@@H](N)Cc1ccc(OCC(C)C)cc1. The third-order valence-electron chi connectivity index (χ3n) is 2.82. The number of ether oxygens (including phenoxy) is 2. The summed E-state index contributed by atoms with van der Waals surface area (Å²) in [5, 5.41) is 0. The molecule has 0 saturated heterocycles. The van der Waals surface area contributed by atoms with E-state index >= 15 is 0 Å². The monoisotopic (exact) mass is 293 g/mol. The van der Waals surface area contributed by atoms with Gasteiger partial charge in [0.2, 0.25) is 0 Å². The van der Waals surface area contributed by atoms with Gasteiger partial charge in [0, 0.05) is 0 Å². The first-order valence-corrected chi connectivity index (χ1v) is 7.52. The molecular formula is C17H27NO3. The predicted octanol–water partition coefficient (Wildman–Crippen LogP) is 2.79. The molecule has 0 aliphatic carbocycles. The van der Waals surface area contributed by atoms with Crippen LogP contribution in [0.3, 0.4) is 0 Å². The Morgan fingerprint density at radius 2 is 1.62 bits per heavy atom. The Morgan fingerprint density at radius 3 is 2.14 bits per heavy atom. The fourth-order valence-electron chi connectivity index (χ4n) is 1.68. The van der Waals surface area contributed by atoms with Crippen LogP contribution in [0.25, 0.3) is 0 Å². The number of rotatable bonds is 8. The highest BCUT2D eigenvalue weighted by atomic mass is 16.5. The van der Waals surface area contributed by atoms with Gasteiger partial charge in [0.05, 0.1) is 13.2 Å². The molecule has 0 bridgehead atoms. The molecule has 1 aromatic rings. The van der Waals surface area contributed by atoms with Crippen LogP contribution >= 0.6 is 0 Å². The average molecular weight is 293 g/mol. The molecule has 0 fully saturated rings. The second-order valence-corrected chi connectivity index (χ2v) is 6.18. The zero-order chi connectivity index (χ0) is 15.8. The van der Waals surface area contributed by atoms with Crippen molar-refractivity contribution in [3.63, 3.8) is 0 Å². The molecule has 4 nitrogen and oxygen atoms in total. The van der Waals surface area contributed by atoms with E-state index in [1.807, 2.05) is 38.1 Å². The van der Waals surface area contributed by atoms with Gasteiger partial charge >= 0.3 is 5.97 Å². The summed E-state index contributed by atoms with van der Waals surface area (Å²) in [6.45, 7) is 9.31. The van der Waals surface area contributed by atoms with Crippen molar-refractivity contribution in [2.75, 3.05) is 13.2 Å². The van der Waals surface area contributed by atoms with Crippen molar-refractivity contribution in [1.29, 1.82) is 0 Å². The fourth-order valence-corrected chi connectivity index (χ4v) is 1.68. The first-order chi connectivity index (χ1) is 9.88. The lowest BCUT2D eigenvalue weighted by Gasteiger charge is -2.13. The van der Waals surface area contributed by atoms with E-state index in [0.717, 1.165) is 11.3 Å². The van der Waals surface area contributed by atoms with Crippen molar-refractivity contribution in [3.05, 3.63) is 29.8 Å². The largest absolute Gasteiger partial charge is 0.493 e. The minimum atomic E-state index is -0.619. The summed E-state index contributed by atoms with van der Waals surface area (Å²) in [6, 6.07) is 7.07. The Labute approximate surface area is 127 Å². The van der Waals surface area contributed by atoms with Crippen molar-refractivity contribution in [1.82, 2.24) is 0 Å². The maximum atomic E-state index is 11.7. The molecule has 118 valence electrons. The molecule has 21 heavy (non-hydrogen) atoms. The van der Waals surface area contributed by atoms with Gasteiger partial charge in [0.1, 0.15) is 11.8 Å². The normalized spacial score (nSPS) is 12.5. The third kappa shape index (κ3) is 7.14. The number of hydrogen-bond acceptors (Lipinski definition) is 4. The van der Waals surface area contributed by atoms with Crippen molar-refractivity contribution < 1.29 is 14.3 Å². The Bertz CT molecular complexity index is 426. The zero-order valence-corrected chi connectivity index (χ0v) is 13.5. The first kappa shape index (κ1) is 17.5. The van der Waals surface area contributed by atoms with Crippen LogP contribution in [0, 0.1) is 11.8 Å². The molecule has 4 heteroatoms. The lowest BCUT2D eigenvalue weighted by atomic mass is 10.1. The Morgan fingerprint density at radius 1 is 1.05 bits per heavy atom. The third-order valence-corrected chi connectivity index (χ3v) is 2.82. The van der Waals surface area contributed by atoms with E-state index in [-0.39, 0.29) is 5.97 Å². The molecule has 0 heterocycles. The highest BCUT2D eigenvalue weighted by Gasteiger charge is 2.16. The van der Waals surface area contributed by atoms with Crippen LogP contribution < -0.4 is 10.5 Å². The summed E-state index contributed by atoms with van der Waals surface area (Å²) < 4.78 is 10.8. The van der Waals surface area contributed by atoms with Crippen LogP contribution in [0.2, 0.25) is 0 Å². The lowest BCUT2D eigenvalue weighted by Crippen LogP contribution is -2.35. The molecule has 0 amide bonds. The van der Waals surface area contributed by atoms with Gasteiger partial charge in [-0.15, -0.1) is 0 Å². The molecule has 1 atom stereocenters. The zero-order valence-electron chi connectivity index (χ0n) is 13.5. The molecule has 1 aromatic carbocycles. The van der Waals surface area contributed by atoms with Crippen molar-refractivity contribution in [3.8, 4) is 5.75 Å². The fraction of sp³-hybridized carbons (Fsp3) is 0.588. The van der Waals surface area contributed by atoms with E-state index in [1.54, 1.807) is 0 Å². The van der Waals surface area contributed by atoms with Gasteiger partial charge in [-0.1, -0.05) is 39.8 Å². The molecule has 0 saturated carbocycles. The molecular weight excluding hydrogens is 266 g/mol. The van der Waals surface area contributed by atoms with Gasteiger partial charge < -0.3 is 15.2 Å². The number of benzene rings is 1. The van der Waals surface area contributed by atoms with E-state index in [9.17, 15) is 4.79 Å². The highest BCUT2D eigenvalue weighted by Crippen LogP contribution is 2.14. The van der Waals surface area contributed by atoms with Crippen LogP contribution in [-0.2, 0) is 16.0 Å². The van der Waals surface area contributed by atoms with Gasteiger partial charge in [-0.3, -0.25) is 4.79 Å². The predicted molar refractivity (Wildman–Crippen MR) is 84.3 cm³/mol. The molecule has 1 rings (SSSR count). The van der Waals surface area contributed by atoms with E-state index < -0.39 is 6.04 Å². The topological polar surface area (TPSA) is 61.5 Å². The molecule has 0 unspecified atom stereocenters. The number of carbonyl (C=O) groups excluding carboxylic acids is 1. The van der Waals surface area contributed by atoms with Crippen molar-refractivity contribution in [2.24, 2.45) is 17.6 Å². The summed E-state index contributed by atoms with van der Waals surface area (Å²) in [5.41, 5.74) is 6.87. The Hall–Kier alpha value is -1.55. The van der Waals surface area contributed by atoms with Gasteiger partial charge in [0.25, 0.3) is 0 Å². The molecule has 2 N–H and O–H groups in total. The minimum absolute atomic E-state index is 0.318. The molecule has 0 aliphatic rings. The highest BCUT2D eigenvalue weighted by molar-refractivity contribution is 5.75. The van der Waals surface area contributed by atoms with Gasteiger partial charge in [-0.25, -0.2) is 0 Å². The van der Waals surface area contributed by atoms with Crippen LogP contribution in [0.15, 0.2) is 24.3 Å². The molecule has 0 spiro atoms. The van der Waals surface area contributed by atoms with Crippen LogP contribution in [-0.4, -0.2) is 25.2 Å². The number of esters is 1. The maximum Gasteiger partial charge on any atom is 0.323 e. The summed E-state index contributed by atoms with van der Waals surface area (Å²) >= 11 is 0. The standard InChI is InChI=1S/C17H27NO3/c1-12(2)10-20-15-7-5-14(6-8-15)9-16(18)17(19)21-11-13(3)4/h5-8,12-13,16H,9-11,18H2,1-4H3/t16-/m0/s1. The average Bonchev–Trinajstić information content (AvgIpc) is 2.43. The maximum absolute atomic E-state index is 11.7. The van der Waals surface area contributed by atoms with Gasteiger partial charge in [-0.2, -0.15) is 0 Å². The van der Waals surface area contributed by atoms with E-state index in [0.29, 0.717) is 31.5 Å². The smallest absolute Gasteiger partial charge is 0.323 e. The summed E-state index contributed by atoms with van der Waals surface area (Å²) in [4.78, 5) is 11.7. The molecule has 0 radical (unpaired) electrons. The lowest BCUT2D eigenvalue weighted by molar-refractivity contribution is -0.146. The van der Waals surface area contributed by atoms with Crippen LogP contribution in [0.5, 0.6) is 5.75 Å². The van der Waals surface area contributed by atoms with E-state index in [1.165, 1.54) is 0 Å². The van der Waals surface area contributed by atoms with Gasteiger partial charge in [0.15, 0.2) is 0 Å². The van der Waals surface area contributed by atoms with Crippen LogP contribution in [0.4, 0.5) is 0 Å². The minimum Gasteiger partial charge on any atom is -0.493 e. The summed E-state index contributed by atoms with van der Waals surface area (Å²) in [6.07, 6.45) is 0.474. The Kier molecular flexibility index (Phi) is 7.23. The molecule has 0 aliphatic heterocycles. The van der Waals surface area contributed by atoms with E-state index in [4.69, 9.17) is 15.2 Å². The summed E-state index contributed by atoms with van der Waals surface area (Å²) in [7, 11) is 0. The number of hydrogen-bond donors (Lipinski definition) is 1. The Balaban J connectivity index is 2.45. The molecule has 0 aromatic heterocycles. The van der Waals surface area contributed by atoms with Gasteiger partial charge in [-0.05, 0) is 36.0 Å². The second kappa shape index (κ2) is 8.67. The van der Waals surface area contributed by atoms with Crippen molar-refractivity contribution >= 4 is 5.97 Å². The van der Waals surface area contributed by atoms with Crippen molar-refractivity contribution in [2.45, 2.75) is 40.2 Å². The second-order valence-electron chi connectivity index (χ2n) is 6.18. The number of nitrogens with two attached hydrogens (primary N) is 1. The first-order valence-electron chi connectivity index (χ1n) is 7.52.